The van der Waals surface area contributed by atoms with E-state index in [1.807, 2.05) is 4.90 Å². The average Bonchev–Trinajstić information content (AvgIpc) is 3.25. The van der Waals surface area contributed by atoms with E-state index in [0.29, 0.717) is 50.7 Å². The van der Waals surface area contributed by atoms with Crippen molar-refractivity contribution in [3.8, 4) is 0 Å². The topological polar surface area (TPSA) is 81.2 Å². The molecule has 0 aliphatic carbocycles. The van der Waals surface area contributed by atoms with Crippen LogP contribution in [-0.2, 0) is 19.6 Å². The van der Waals surface area contributed by atoms with Crippen molar-refractivity contribution in [2.45, 2.75) is 43.4 Å². The summed E-state index contributed by atoms with van der Waals surface area (Å²) in [5.74, 6) is 0.130. The van der Waals surface area contributed by atoms with E-state index < -0.39 is 10.0 Å². The molecule has 3 aliphatic rings. The molecule has 8 nitrogen and oxygen atoms in total. The first kappa shape index (κ1) is 27.6. The van der Waals surface area contributed by atoms with Crippen molar-refractivity contribution in [2.24, 2.45) is 0 Å². The number of nitrogens with zero attached hydrogens (tertiary/aromatic N) is 4. The lowest BCUT2D eigenvalue weighted by Gasteiger charge is -2.34. The molecule has 1 aromatic rings. The van der Waals surface area contributed by atoms with Crippen LogP contribution in [0, 0.1) is 0 Å². The third-order valence-corrected chi connectivity index (χ3v) is 8.92. The van der Waals surface area contributed by atoms with Crippen molar-refractivity contribution >= 4 is 40.3 Å². The van der Waals surface area contributed by atoms with Crippen LogP contribution < -0.4 is 0 Å². The van der Waals surface area contributed by atoms with Crippen LogP contribution in [0.5, 0.6) is 0 Å². The molecule has 0 saturated carbocycles. The lowest BCUT2D eigenvalue weighted by atomic mass is 10.2. The van der Waals surface area contributed by atoms with Gasteiger partial charge in [0.2, 0.25) is 21.8 Å². The Morgan fingerprint density at radius 2 is 1.31 bits per heavy atom. The number of rotatable bonds is 6. The van der Waals surface area contributed by atoms with Crippen LogP contribution in [0.3, 0.4) is 0 Å². The van der Waals surface area contributed by atoms with Gasteiger partial charge in [-0.1, -0.05) is 25.0 Å². The lowest BCUT2D eigenvalue weighted by molar-refractivity contribution is -0.132. The highest BCUT2D eigenvalue weighted by atomic mass is 35.5. The molecule has 0 aromatic heterocycles. The number of amides is 2. The van der Waals surface area contributed by atoms with E-state index in [1.165, 1.54) is 0 Å². The van der Waals surface area contributed by atoms with Crippen molar-refractivity contribution in [3.05, 3.63) is 35.9 Å². The molecular formula is C25H37ClN4O4S. The van der Waals surface area contributed by atoms with Gasteiger partial charge in [0.25, 0.3) is 0 Å². The first-order valence-corrected chi connectivity index (χ1v) is 13.9. The quantitative estimate of drug-likeness (QED) is 0.534. The second-order valence-corrected chi connectivity index (χ2v) is 11.3. The molecule has 1 aromatic carbocycles. The van der Waals surface area contributed by atoms with Gasteiger partial charge in [-0.3, -0.25) is 14.5 Å². The Morgan fingerprint density at radius 1 is 0.743 bits per heavy atom. The van der Waals surface area contributed by atoms with Gasteiger partial charge in [0.15, 0.2) is 0 Å². The SMILES string of the molecule is Cl.O=C(/C=C/c1ccc(S(=O)(=O)N2CCCCCC2)cc1)N1CCN(CC(=O)N2CCCC2)CC1. The number of piperazine rings is 1. The van der Waals surface area contributed by atoms with Gasteiger partial charge in [-0.15, -0.1) is 12.4 Å². The monoisotopic (exact) mass is 524 g/mol. The number of sulfonamides is 1. The molecule has 194 valence electrons. The Kier molecular flexibility index (Phi) is 10.1. The highest BCUT2D eigenvalue weighted by Gasteiger charge is 2.26. The van der Waals surface area contributed by atoms with Crippen molar-refractivity contribution in [1.29, 1.82) is 0 Å². The van der Waals surface area contributed by atoms with E-state index in [1.54, 1.807) is 45.6 Å². The highest BCUT2D eigenvalue weighted by molar-refractivity contribution is 7.89. The minimum absolute atomic E-state index is 0. The van der Waals surface area contributed by atoms with Gasteiger partial charge in [-0.25, -0.2) is 8.42 Å². The van der Waals surface area contributed by atoms with E-state index in [4.69, 9.17) is 0 Å². The predicted molar refractivity (Wildman–Crippen MR) is 139 cm³/mol. The van der Waals surface area contributed by atoms with Crippen molar-refractivity contribution in [1.82, 2.24) is 19.0 Å². The minimum Gasteiger partial charge on any atom is -0.342 e. The van der Waals surface area contributed by atoms with Crippen LogP contribution in [0.4, 0.5) is 0 Å². The number of benzene rings is 1. The van der Waals surface area contributed by atoms with E-state index in [9.17, 15) is 18.0 Å². The summed E-state index contributed by atoms with van der Waals surface area (Å²) in [7, 11) is -3.47. The number of carbonyl (C=O) groups is 2. The Balaban J connectivity index is 0.00000342. The zero-order valence-corrected chi connectivity index (χ0v) is 21.9. The summed E-state index contributed by atoms with van der Waals surface area (Å²) < 4.78 is 27.4. The molecule has 35 heavy (non-hydrogen) atoms. The maximum Gasteiger partial charge on any atom is 0.246 e. The van der Waals surface area contributed by atoms with Crippen molar-refractivity contribution in [2.75, 3.05) is 58.9 Å². The second kappa shape index (κ2) is 12.9. The summed E-state index contributed by atoms with van der Waals surface area (Å²) in [4.78, 5) is 31.1. The summed E-state index contributed by atoms with van der Waals surface area (Å²) in [6.45, 7) is 5.93. The van der Waals surface area contributed by atoms with Crippen LogP contribution in [0.25, 0.3) is 6.08 Å². The van der Waals surface area contributed by atoms with E-state index >= 15 is 0 Å². The molecule has 3 saturated heterocycles. The van der Waals surface area contributed by atoms with Crippen LogP contribution >= 0.6 is 12.4 Å². The summed E-state index contributed by atoms with van der Waals surface area (Å²) >= 11 is 0. The standard InChI is InChI=1S/C25H36N4O4S.ClH/c30-24(28-19-17-26(18-20-28)21-25(31)27-13-5-6-14-27)12-9-22-7-10-23(11-8-22)34(32,33)29-15-3-1-2-4-16-29;/h7-12H,1-6,13-21H2;1H/b12-9+;. The van der Waals surface area contributed by atoms with E-state index in [0.717, 1.165) is 57.2 Å². The largest absolute Gasteiger partial charge is 0.342 e. The van der Waals surface area contributed by atoms with Gasteiger partial charge in [0, 0.05) is 58.4 Å². The summed E-state index contributed by atoms with van der Waals surface area (Å²) in [6, 6.07) is 6.74. The second-order valence-electron chi connectivity index (χ2n) is 9.41. The van der Waals surface area contributed by atoms with E-state index in [-0.39, 0.29) is 24.2 Å². The van der Waals surface area contributed by atoms with Crippen LogP contribution in [0.15, 0.2) is 35.2 Å². The van der Waals surface area contributed by atoms with Crippen molar-refractivity contribution < 1.29 is 18.0 Å². The molecule has 3 heterocycles. The number of carbonyl (C=O) groups excluding carboxylic acids is 2. The molecule has 0 N–H and O–H groups in total. The molecule has 0 radical (unpaired) electrons. The normalized spacial score (nSPS) is 20.6. The summed E-state index contributed by atoms with van der Waals surface area (Å²) in [6.07, 6.45) is 9.44. The van der Waals surface area contributed by atoms with Gasteiger partial charge in [0.1, 0.15) is 0 Å². The fraction of sp³-hybridized carbons (Fsp3) is 0.600. The maximum absolute atomic E-state index is 12.9. The van der Waals surface area contributed by atoms with E-state index in [2.05, 4.69) is 4.90 Å². The fourth-order valence-electron chi connectivity index (χ4n) is 4.84. The molecule has 0 unspecified atom stereocenters. The Hall–Kier alpha value is -1.94. The summed E-state index contributed by atoms with van der Waals surface area (Å²) in [5, 5.41) is 0. The molecule has 0 spiro atoms. The number of halogens is 1. The van der Waals surface area contributed by atoms with Crippen molar-refractivity contribution in [3.63, 3.8) is 0 Å². The van der Waals surface area contributed by atoms with Crippen LogP contribution in [-0.4, -0.2) is 98.1 Å². The number of hydrogen-bond acceptors (Lipinski definition) is 5. The number of hydrogen-bond donors (Lipinski definition) is 0. The zero-order valence-electron chi connectivity index (χ0n) is 20.3. The Bertz CT molecular complexity index is 977. The molecule has 0 bridgehead atoms. The van der Waals surface area contributed by atoms with Gasteiger partial charge in [-0.2, -0.15) is 4.31 Å². The molecule has 4 rings (SSSR count). The Morgan fingerprint density at radius 3 is 1.91 bits per heavy atom. The maximum atomic E-state index is 12.9. The Labute approximate surface area is 215 Å². The van der Waals surface area contributed by atoms with Gasteiger partial charge < -0.3 is 9.80 Å². The molecular weight excluding hydrogens is 488 g/mol. The molecule has 3 aliphatic heterocycles. The zero-order chi connectivity index (χ0) is 24.0. The third kappa shape index (κ3) is 7.29. The van der Waals surface area contributed by atoms with Crippen LogP contribution in [0.2, 0.25) is 0 Å². The summed E-state index contributed by atoms with van der Waals surface area (Å²) in [5.41, 5.74) is 0.790. The molecule has 10 heteroatoms. The third-order valence-electron chi connectivity index (χ3n) is 7.00. The average molecular weight is 525 g/mol. The van der Waals surface area contributed by atoms with Gasteiger partial charge in [0.05, 0.1) is 11.4 Å². The van der Waals surface area contributed by atoms with Gasteiger partial charge in [-0.05, 0) is 49.5 Å². The smallest absolute Gasteiger partial charge is 0.246 e. The first-order chi connectivity index (χ1) is 16.4. The van der Waals surface area contributed by atoms with Crippen LogP contribution in [0.1, 0.15) is 44.1 Å². The molecule has 3 fully saturated rings. The predicted octanol–water partition coefficient (Wildman–Crippen LogP) is 2.45. The first-order valence-electron chi connectivity index (χ1n) is 12.5. The fourth-order valence-corrected chi connectivity index (χ4v) is 6.36. The molecule has 2 amide bonds. The highest BCUT2D eigenvalue weighted by Crippen LogP contribution is 2.21. The minimum atomic E-state index is -3.47. The lowest BCUT2D eigenvalue weighted by Crippen LogP contribution is -2.51. The van der Waals surface area contributed by atoms with Gasteiger partial charge >= 0.3 is 0 Å². The number of likely N-dealkylation sites (tertiary alicyclic amines) is 1. The molecule has 0 atom stereocenters.